The van der Waals surface area contributed by atoms with Gasteiger partial charge in [-0.25, -0.2) is 0 Å². The van der Waals surface area contributed by atoms with Gasteiger partial charge in [-0.2, -0.15) is 0 Å². The molecule has 2 amide bonds. The molecule has 2 aromatic carbocycles. The van der Waals surface area contributed by atoms with E-state index in [0.29, 0.717) is 13.0 Å². The summed E-state index contributed by atoms with van der Waals surface area (Å²) >= 11 is 0. The normalized spacial score (nSPS) is 18.8. The van der Waals surface area contributed by atoms with Crippen molar-refractivity contribution in [1.29, 1.82) is 0 Å². The van der Waals surface area contributed by atoms with Gasteiger partial charge in [0, 0.05) is 12.6 Å². The molecule has 28 heavy (non-hydrogen) atoms. The minimum Gasteiger partial charge on any atom is -0.508 e. The molecule has 0 aliphatic carbocycles. The highest BCUT2D eigenvalue weighted by Crippen LogP contribution is 2.20. The van der Waals surface area contributed by atoms with Crippen LogP contribution in [0.5, 0.6) is 11.5 Å². The Balaban J connectivity index is 1.56. The van der Waals surface area contributed by atoms with Gasteiger partial charge < -0.3 is 25.5 Å². The van der Waals surface area contributed by atoms with Crippen LogP contribution in [0.4, 0.5) is 0 Å². The molecule has 2 aromatic rings. The van der Waals surface area contributed by atoms with Gasteiger partial charge in [0.1, 0.15) is 11.5 Å². The third-order valence-corrected chi connectivity index (χ3v) is 4.90. The van der Waals surface area contributed by atoms with Crippen LogP contribution in [0.2, 0.25) is 0 Å². The van der Waals surface area contributed by atoms with Crippen LogP contribution in [0, 0.1) is 0 Å². The van der Waals surface area contributed by atoms with E-state index in [4.69, 9.17) is 0 Å². The Labute approximate surface area is 163 Å². The van der Waals surface area contributed by atoms with Crippen molar-refractivity contribution >= 4 is 11.8 Å². The first kappa shape index (κ1) is 19.7. The van der Waals surface area contributed by atoms with Crippen LogP contribution < -0.4 is 5.32 Å². The lowest BCUT2D eigenvalue weighted by Gasteiger charge is -2.23. The number of aromatic hydroxyl groups is 2. The molecule has 4 N–H and O–H groups in total. The van der Waals surface area contributed by atoms with E-state index in [1.165, 1.54) is 24.3 Å². The number of benzene rings is 2. The van der Waals surface area contributed by atoms with Crippen molar-refractivity contribution in [2.75, 3.05) is 13.2 Å². The van der Waals surface area contributed by atoms with Crippen LogP contribution in [0.3, 0.4) is 0 Å². The lowest BCUT2D eigenvalue weighted by atomic mass is 10.1. The number of phenols is 2. The summed E-state index contributed by atoms with van der Waals surface area (Å²) in [5.41, 5.74) is 1.56. The predicted molar refractivity (Wildman–Crippen MR) is 103 cm³/mol. The lowest BCUT2D eigenvalue weighted by Crippen LogP contribution is -2.41. The summed E-state index contributed by atoms with van der Waals surface area (Å²) in [4.78, 5) is 26.5. The SMILES string of the molecule is O=C(Cc1ccc(O)cc1)N[C@H]1C[C@@H](CO)N(C(=O)Cc2ccc(O)cc2)C1. The summed E-state index contributed by atoms with van der Waals surface area (Å²) in [6.07, 6.45) is 0.853. The fraction of sp³-hybridized carbons (Fsp3) is 0.333. The molecule has 1 aliphatic heterocycles. The number of nitrogens with one attached hydrogen (secondary N) is 1. The molecule has 3 rings (SSSR count). The van der Waals surface area contributed by atoms with Gasteiger partial charge >= 0.3 is 0 Å². The van der Waals surface area contributed by atoms with Gasteiger partial charge in [0.05, 0.1) is 25.5 Å². The fourth-order valence-corrected chi connectivity index (χ4v) is 3.47. The number of rotatable bonds is 6. The van der Waals surface area contributed by atoms with E-state index in [-0.39, 0.29) is 54.8 Å². The second kappa shape index (κ2) is 8.75. The Morgan fingerprint density at radius 3 is 2.00 bits per heavy atom. The molecule has 1 aliphatic rings. The van der Waals surface area contributed by atoms with E-state index < -0.39 is 0 Å². The van der Waals surface area contributed by atoms with Crippen LogP contribution >= 0.6 is 0 Å². The summed E-state index contributed by atoms with van der Waals surface area (Å²) < 4.78 is 0. The second-order valence-corrected chi connectivity index (χ2v) is 7.07. The highest BCUT2D eigenvalue weighted by atomic mass is 16.3. The van der Waals surface area contributed by atoms with E-state index in [9.17, 15) is 24.9 Å². The molecule has 0 unspecified atom stereocenters. The number of nitrogens with zero attached hydrogens (tertiary/aromatic N) is 1. The molecule has 1 saturated heterocycles. The Hall–Kier alpha value is -3.06. The summed E-state index contributed by atoms with van der Waals surface area (Å²) in [7, 11) is 0. The van der Waals surface area contributed by atoms with Crippen molar-refractivity contribution < 1.29 is 24.9 Å². The number of amides is 2. The minimum atomic E-state index is -0.330. The van der Waals surface area contributed by atoms with Crippen LogP contribution in [0.25, 0.3) is 0 Å². The second-order valence-electron chi connectivity index (χ2n) is 7.07. The number of carbonyl (C=O) groups excluding carboxylic acids is 2. The summed E-state index contributed by atoms with van der Waals surface area (Å²) in [6.45, 7) is 0.190. The number of aliphatic hydroxyl groups is 1. The number of hydrogen-bond acceptors (Lipinski definition) is 5. The largest absolute Gasteiger partial charge is 0.508 e. The predicted octanol–water partition coefficient (Wildman–Crippen LogP) is 0.961. The summed E-state index contributed by atoms with van der Waals surface area (Å²) in [5.74, 6) is -0.00392. The highest BCUT2D eigenvalue weighted by molar-refractivity contribution is 5.81. The van der Waals surface area contributed by atoms with Crippen molar-refractivity contribution in [1.82, 2.24) is 10.2 Å². The zero-order chi connectivity index (χ0) is 20.1. The maximum Gasteiger partial charge on any atom is 0.227 e. The molecule has 7 heteroatoms. The quantitative estimate of drug-likeness (QED) is 0.593. The van der Waals surface area contributed by atoms with E-state index >= 15 is 0 Å². The molecule has 148 valence electrons. The minimum absolute atomic E-state index is 0.125. The van der Waals surface area contributed by atoms with E-state index in [0.717, 1.165) is 11.1 Å². The molecule has 0 saturated carbocycles. The Morgan fingerprint density at radius 2 is 1.46 bits per heavy atom. The van der Waals surface area contributed by atoms with E-state index in [1.54, 1.807) is 29.2 Å². The first-order valence-corrected chi connectivity index (χ1v) is 9.20. The van der Waals surface area contributed by atoms with Crippen LogP contribution in [0.15, 0.2) is 48.5 Å². The van der Waals surface area contributed by atoms with Gasteiger partial charge in [-0.05, 0) is 41.8 Å². The smallest absolute Gasteiger partial charge is 0.227 e. The molecule has 0 radical (unpaired) electrons. The maximum absolute atomic E-state index is 12.6. The number of phenolic OH excluding ortho intramolecular Hbond substituents is 2. The lowest BCUT2D eigenvalue weighted by molar-refractivity contribution is -0.132. The molecule has 0 aromatic heterocycles. The Bertz CT molecular complexity index is 820. The average Bonchev–Trinajstić information content (AvgIpc) is 3.08. The average molecular weight is 384 g/mol. The van der Waals surface area contributed by atoms with Gasteiger partial charge in [-0.15, -0.1) is 0 Å². The highest BCUT2D eigenvalue weighted by Gasteiger charge is 2.35. The molecule has 1 fully saturated rings. The van der Waals surface area contributed by atoms with Crippen LogP contribution in [-0.4, -0.2) is 57.3 Å². The number of hydrogen-bond donors (Lipinski definition) is 4. The van der Waals surface area contributed by atoms with Gasteiger partial charge in [-0.1, -0.05) is 24.3 Å². The zero-order valence-corrected chi connectivity index (χ0v) is 15.4. The van der Waals surface area contributed by atoms with Crippen LogP contribution in [0.1, 0.15) is 17.5 Å². The summed E-state index contributed by atoms with van der Waals surface area (Å²) in [6, 6.07) is 12.3. The maximum atomic E-state index is 12.6. The fourth-order valence-electron chi connectivity index (χ4n) is 3.47. The molecule has 1 heterocycles. The van der Waals surface area contributed by atoms with Gasteiger partial charge in [0.15, 0.2) is 0 Å². The number of aliphatic hydroxyl groups excluding tert-OH is 1. The van der Waals surface area contributed by atoms with Crippen molar-refractivity contribution in [2.24, 2.45) is 0 Å². The molecular formula is C21H24N2O5. The molecular weight excluding hydrogens is 360 g/mol. The van der Waals surface area contributed by atoms with Gasteiger partial charge in [0.2, 0.25) is 11.8 Å². The third kappa shape index (κ3) is 5.01. The topological polar surface area (TPSA) is 110 Å². The molecule has 2 atom stereocenters. The summed E-state index contributed by atoms with van der Waals surface area (Å²) in [5, 5.41) is 31.2. The van der Waals surface area contributed by atoms with E-state index in [2.05, 4.69) is 5.32 Å². The van der Waals surface area contributed by atoms with Crippen molar-refractivity contribution in [2.45, 2.75) is 31.3 Å². The zero-order valence-electron chi connectivity index (χ0n) is 15.4. The third-order valence-electron chi connectivity index (χ3n) is 4.90. The van der Waals surface area contributed by atoms with Crippen molar-refractivity contribution in [3.05, 3.63) is 59.7 Å². The number of likely N-dealkylation sites (tertiary alicyclic amines) is 1. The monoisotopic (exact) mass is 384 g/mol. The van der Waals surface area contributed by atoms with Crippen molar-refractivity contribution in [3.63, 3.8) is 0 Å². The van der Waals surface area contributed by atoms with Gasteiger partial charge in [-0.3, -0.25) is 9.59 Å². The standard InChI is InChI=1S/C21H24N2O5/c24-13-17-11-16(22-20(27)9-14-1-5-18(25)6-2-14)12-23(17)21(28)10-15-3-7-19(26)8-4-15/h1-8,16-17,24-26H,9-13H2,(H,22,27)/t16-,17-/m0/s1. The molecule has 0 bridgehead atoms. The first-order valence-electron chi connectivity index (χ1n) is 9.20. The number of carbonyl (C=O) groups is 2. The van der Waals surface area contributed by atoms with Crippen molar-refractivity contribution in [3.8, 4) is 11.5 Å². The molecule has 7 nitrogen and oxygen atoms in total. The first-order chi connectivity index (χ1) is 13.4. The van der Waals surface area contributed by atoms with Gasteiger partial charge in [0.25, 0.3) is 0 Å². The van der Waals surface area contributed by atoms with Crippen LogP contribution in [-0.2, 0) is 22.4 Å². The van der Waals surface area contributed by atoms with E-state index in [1.807, 2.05) is 0 Å². The molecule has 0 spiro atoms. The Kier molecular flexibility index (Phi) is 6.16. The Morgan fingerprint density at radius 1 is 0.929 bits per heavy atom.